The Bertz CT molecular complexity index is 643. The van der Waals surface area contributed by atoms with Crippen LogP contribution in [0.5, 0.6) is 0 Å². The molecule has 1 fully saturated rings. The molecule has 5 nitrogen and oxygen atoms in total. The number of morpholine rings is 1. The number of carbonyl (C=O) groups excluding carboxylic acids is 1. The molecule has 0 aliphatic carbocycles. The van der Waals surface area contributed by atoms with Gasteiger partial charge >= 0.3 is 0 Å². The zero-order valence-electron chi connectivity index (χ0n) is 14.2. The summed E-state index contributed by atoms with van der Waals surface area (Å²) in [6.07, 6.45) is -0.450. The predicted octanol–water partition coefficient (Wildman–Crippen LogP) is 2.05. The van der Waals surface area contributed by atoms with Crippen molar-refractivity contribution in [1.82, 2.24) is 10.6 Å². The van der Waals surface area contributed by atoms with Crippen molar-refractivity contribution in [2.75, 3.05) is 26.3 Å². The van der Waals surface area contributed by atoms with Crippen LogP contribution in [0, 0.1) is 0 Å². The Morgan fingerprint density at radius 2 is 1.88 bits per heavy atom. The van der Waals surface area contributed by atoms with Gasteiger partial charge in [-0.15, -0.1) is 0 Å². The number of hydrogen-bond donors (Lipinski definition) is 2. The highest BCUT2D eigenvalue weighted by Crippen LogP contribution is 2.15. The first-order valence-electron chi connectivity index (χ1n) is 8.62. The summed E-state index contributed by atoms with van der Waals surface area (Å²) in [5, 5.41) is 6.24. The number of nitrogens with one attached hydrogen (secondary N) is 2. The van der Waals surface area contributed by atoms with Gasteiger partial charge in [-0.05, 0) is 11.1 Å². The molecular weight excluding hydrogens is 316 g/mol. The molecule has 2 aromatic rings. The lowest BCUT2D eigenvalue weighted by Crippen LogP contribution is -2.49. The Labute approximate surface area is 148 Å². The van der Waals surface area contributed by atoms with E-state index in [1.165, 1.54) is 0 Å². The second-order valence-corrected chi connectivity index (χ2v) is 6.04. The number of hydrogen-bond acceptors (Lipinski definition) is 4. The van der Waals surface area contributed by atoms with Crippen LogP contribution in [0.1, 0.15) is 17.2 Å². The highest BCUT2D eigenvalue weighted by atomic mass is 16.5. The molecular formula is C20H24N2O3. The van der Waals surface area contributed by atoms with E-state index < -0.39 is 6.10 Å². The van der Waals surface area contributed by atoms with Crippen molar-refractivity contribution < 1.29 is 14.3 Å². The van der Waals surface area contributed by atoms with Gasteiger partial charge in [-0.3, -0.25) is 4.79 Å². The topological polar surface area (TPSA) is 59.6 Å². The quantitative estimate of drug-likeness (QED) is 0.810. The van der Waals surface area contributed by atoms with Crippen LogP contribution in [-0.4, -0.2) is 38.3 Å². The van der Waals surface area contributed by atoms with E-state index in [1.54, 1.807) is 0 Å². The maximum Gasteiger partial charge on any atom is 0.251 e. The standard InChI is InChI=1S/C20H24N2O3/c23-20(19-13-21-11-12-25-19)22-18(17-9-5-2-6-10-17)15-24-14-16-7-3-1-4-8-16/h1-10,18-19,21H,11-15H2,(H,22,23). The fourth-order valence-electron chi connectivity index (χ4n) is 2.77. The maximum absolute atomic E-state index is 12.5. The van der Waals surface area contributed by atoms with E-state index in [-0.39, 0.29) is 11.9 Å². The second kappa shape index (κ2) is 9.32. The highest BCUT2D eigenvalue weighted by molar-refractivity contribution is 5.81. The summed E-state index contributed by atoms with van der Waals surface area (Å²) in [5.41, 5.74) is 2.13. The molecule has 0 radical (unpaired) electrons. The van der Waals surface area contributed by atoms with Gasteiger partial charge in [-0.2, -0.15) is 0 Å². The number of amides is 1. The molecule has 1 saturated heterocycles. The van der Waals surface area contributed by atoms with Crippen LogP contribution in [-0.2, 0) is 20.9 Å². The lowest BCUT2D eigenvalue weighted by Gasteiger charge is -2.26. The first-order valence-corrected chi connectivity index (χ1v) is 8.62. The number of ether oxygens (including phenoxy) is 2. The number of benzene rings is 2. The van der Waals surface area contributed by atoms with E-state index in [9.17, 15) is 4.79 Å². The molecule has 0 bridgehead atoms. The van der Waals surface area contributed by atoms with Crippen LogP contribution in [0.15, 0.2) is 60.7 Å². The molecule has 1 amide bonds. The van der Waals surface area contributed by atoms with Gasteiger partial charge < -0.3 is 20.1 Å². The fraction of sp³-hybridized carbons (Fsp3) is 0.350. The largest absolute Gasteiger partial charge is 0.374 e. The Morgan fingerprint density at radius 3 is 2.56 bits per heavy atom. The molecule has 2 unspecified atom stereocenters. The summed E-state index contributed by atoms with van der Waals surface area (Å²) < 4.78 is 11.4. The van der Waals surface area contributed by atoms with E-state index in [2.05, 4.69) is 10.6 Å². The average Bonchev–Trinajstić information content (AvgIpc) is 2.69. The maximum atomic E-state index is 12.5. The zero-order valence-corrected chi connectivity index (χ0v) is 14.2. The molecule has 0 aromatic heterocycles. The van der Waals surface area contributed by atoms with E-state index in [4.69, 9.17) is 9.47 Å². The first kappa shape index (κ1) is 17.6. The third-order valence-electron chi connectivity index (χ3n) is 4.13. The van der Waals surface area contributed by atoms with Crippen molar-refractivity contribution in [2.45, 2.75) is 18.8 Å². The summed E-state index contributed by atoms with van der Waals surface area (Å²) in [4.78, 5) is 12.5. The molecule has 1 aliphatic heterocycles. The van der Waals surface area contributed by atoms with Gasteiger partial charge in [-0.25, -0.2) is 0 Å². The van der Waals surface area contributed by atoms with Gasteiger partial charge in [0.2, 0.25) is 0 Å². The van der Waals surface area contributed by atoms with Gasteiger partial charge in [-0.1, -0.05) is 60.7 Å². The van der Waals surface area contributed by atoms with Crippen LogP contribution in [0.3, 0.4) is 0 Å². The van der Waals surface area contributed by atoms with Gasteiger partial charge in [0.25, 0.3) is 5.91 Å². The number of rotatable bonds is 7. The molecule has 2 atom stereocenters. The second-order valence-electron chi connectivity index (χ2n) is 6.04. The summed E-state index contributed by atoms with van der Waals surface area (Å²) >= 11 is 0. The minimum Gasteiger partial charge on any atom is -0.374 e. The molecule has 2 N–H and O–H groups in total. The normalized spacial score (nSPS) is 18.5. The third-order valence-corrected chi connectivity index (χ3v) is 4.13. The van der Waals surface area contributed by atoms with Gasteiger partial charge in [0.15, 0.2) is 0 Å². The Balaban J connectivity index is 1.60. The van der Waals surface area contributed by atoms with Crippen molar-refractivity contribution in [3.05, 3.63) is 71.8 Å². The lowest BCUT2D eigenvalue weighted by molar-refractivity contribution is -0.135. The average molecular weight is 340 g/mol. The summed E-state index contributed by atoms with van der Waals surface area (Å²) in [5.74, 6) is -0.107. The van der Waals surface area contributed by atoms with Crippen LogP contribution in [0.25, 0.3) is 0 Å². The molecule has 132 valence electrons. The molecule has 5 heteroatoms. The van der Waals surface area contributed by atoms with E-state index in [1.807, 2.05) is 60.7 Å². The summed E-state index contributed by atoms with van der Waals surface area (Å²) in [7, 11) is 0. The lowest BCUT2D eigenvalue weighted by atomic mass is 10.1. The minimum absolute atomic E-state index is 0.107. The summed E-state index contributed by atoms with van der Waals surface area (Å²) in [6, 6.07) is 19.7. The van der Waals surface area contributed by atoms with Crippen LogP contribution in [0.2, 0.25) is 0 Å². The Hall–Kier alpha value is -2.21. The van der Waals surface area contributed by atoms with Crippen LogP contribution < -0.4 is 10.6 Å². The van der Waals surface area contributed by atoms with Crippen LogP contribution >= 0.6 is 0 Å². The molecule has 25 heavy (non-hydrogen) atoms. The van der Waals surface area contributed by atoms with E-state index in [0.29, 0.717) is 26.4 Å². The molecule has 0 spiro atoms. The SMILES string of the molecule is O=C(NC(COCc1ccccc1)c1ccccc1)C1CNCCO1. The predicted molar refractivity (Wildman–Crippen MR) is 96.0 cm³/mol. The van der Waals surface area contributed by atoms with E-state index in [0.717, 1.165) is 17.7 Å². The van der Waals surface area contributed by atoms with Gasteiger partial charge in [0.05, 0.1) is 25.9 Å². The van der Waals surface area contributed by atoms with Crippen molar-refractivity contribution in [1.29, 1.82) is 0 Å². The van der Waals surface area contributed by atoms with Gasteiger partial charge in [0.1, 0.15) is 6.10 Å². The molecule has 1 aliphatic rings. The van der Waals surface area contributed by atoms with E-state index >= 15 is 0 Å². The molecule has 3 rings (SSSR count). The molecule has 0 saturated carbocycles. The fourth-order valence-corrected chi connectivity index (χ4v) is 2.77. The van der Waals surface area contributed by atoms with Crippen molar-refractivity contribution in [3.63, 3.8) is 0 Å². The molecule has 1 heterocycles. The molecule has 2 aromatic carbocycles. The van der Waals surface area contributed by atoms with Crippen LogP contribution in [0.4, 0.5) is 0 Å². The number of carbonyl (C=O) groups is 1. The van der Waals surface area contributed by atoms with Crippen molar-refractivity contribution in [3.8, 4) is 0 Å². The summed E-state index contributed by atoms with van der Waals surface area (Å²) in [6.45, 7) is 2.80. The van der Waals surface area contributed by atoms with Crippen molar-refractivity contribution in [2.24, 2.45) is 0 Å². The van der Waals surface area contributed by atoms with Crippen molar-refractivity contribution >= 4 is 5.91 Å². The zero-order chi connectivity index (χ0) is 17.3. The Kier molecular flexibility index (Phi) is 6.56. The highest BCUT2D eigenvalue weighted by Gasteiger charge is 2.24. The minimum atomic E-state index is -0.450. The van der Waals surface area contributed by atoms with Gasteiger partial charge in [0, 0.05) is 13.1 Å². The third kappa shape index (κ3) is 5.39. The Morgan fingerprint density at radius 1 is 1.16 bits per heavy atom. The monoisotopic (exact) mass is 340 g/mol. The first-order chi connectivity index (χ1) is 12.3. The smallest absolute Gasteiger partial charge is 0.251 e.